The number of aryl methyl sites for hydroxylation is 1. The monoisotopic (exact) mass is 247 g/mol. The summed E-state index contributed by atoms with van der Waals surface area (Å²) in [5, 5.41) is 0. The van der Waals surface area contributed by atoms with E-state index < -0.39 is 0 Å². The van der Waals surface area contributed by atoms with Crippen LogP contribution in [0, 0.1) is 12.8 Å². The van der Waals surface area contributed by atoms with Crippen molar-refractivity contribution < 1.29 is 0 Å². The maximum Gasteiger partial charge on any atom is 0.0442 e. The van der Waals surface area contributed by atoms with E-state index in [1.807, 2.05) is 0 Å². The minimum absolute atomic E-state index is 0.620. The molecule has 0 aromatic heterocycles. The van der Waals surface area contributed by atoms with Crippen molar-refractivity contribution in [3.8, 4) is 0 Å². The average Bonchev–Trinajstić information content (AvgIpc) is 2.70. The molecule has 2 atom stereocenters. The molecule has 100 valence electrons. The summed E-state index contributed by atoms with van der Waals surface area (Å²) < 4.78 is 0. The SMILES string of the molecule is Cc1cccc(CN)c1N1CC(C)C(N(C)C)C1. The predicted octanol–water partition coefficient (Wildman–Crippen LogP) is 1.84. The van der Waals surface area contributed by atoms with Crippen LogP contribution in [0.25, 0.3) is 0 Å². The van der Waals surface area contributed by atoms with Crippen LogP contribution in [-0.4, -0.2) is 38.1 Å². The fourth-order valence-corrected chi connectivity index (χ4v) is 3.14. The van der Waals surface area contributed by atoms with Crippen molar-refractivity contribution in [3.63, 3.8) is 0 Å². The van der Waals surface area contributed by atoms with E-state index in [0.29, 0.717) is 18.5 Å². The Kier molecular flexibility index (Phi) is 3.93. The number of anilines is 1. The molecule has 1 aliphatic rings. The van der Waals surface area contributed by atoms with Gasteiger partial charge in [0.1, 0.15) is 0 Å². The molecule has 3 nitrogen and oxygen atoms in total. The number of hydrogen-bond donors (Lipinski definition) is 1. The van der Waals surface area contributed by atoms with E-state index in [1.165, 1.54) is 16.8 Å². The number of likely N-dealkylation sites (N-methyl/N-ethyl adjacent to an activating group) is 1. The maximum absolute atomic E-state index is 5.88. The number of benzene rings is 1. The molecule has 18 heavy (non-hydrogen) atoms. The highest BCUT2D eigenvalue weighted by atomic mass is 15.2. The molecule has 1 saturated heterocycles. The summed E-state index contributed by atoms with van der Waals surface area (Å²) in [4.78, 5) is 4.85. The van der Waals surface area contributed by atoms with Crippen molar-refractivity contribution >= 4 is 5.69 Å². The van der Waals surface area contributed by atoms with Crippen LogP contribution in [0.3, 0.4) is 0 Å². The first kappa shape index (κ1) is 13.4. The van der Waals surface area contributed by atoms with E-state index in [9.17, 15) is 0 Å². The highest BCUT2D eigenvalue weighted by Gasteiger charge is 2.32. The first-order valence-corrected chi connectivity index (χ1v) is 6.74. The second-order valence-corrected chi connectivity index (χ2v) is 5.70. The van der Waals surface area contributed by atoms with Crippen LogP contribution in [0.1, 0.15) is 18.1 Å². The number of rotatable bonds is 3. The maximum atomic E-state index is 5.88. The summed E-state index contributed by atoms with van der Waals surface area (Å²) in [6, 6.07) is 7.07. The van der Waals surface area contributed by atoms with E-state index in [2.05, 4.69) is 55.9 Å². The van der Waals surface area contributed by atoms with Gasteiger partial charge in [-0.2, -0.15) is 0 Å². The molecule has 1 aromatic rings. The lowest BCUT2D eigenvalue weighted by Gasteiger charge is -2.25. The molecule has 0 radical (unpaired) electrons. The lowest BCUT2D eigenvalue weighted by molar-refractivity contribution is 0.266. The van der Waals surface area contributed by atoms with Gasteiger partial charge in [-0.05, 0) is 38.1 Å². The molecular weight excluding hydrogens is 222 g/mol. The molecule has 1 aliphatic heterocycles. The third kappa shape index (κ3) is 2.38. The highest BCUT2D eigenvalue weighted by Crippen LogP contribution is 2.31. The van der Waals surface area contributed by atoms with Crippen LogP contribution in [0.2, 0.25) is 0 Å². The van der Waals surface area contributed by atoms with Crippen molar-refractivity contribution in [2.45, 2.75) is 26.4 Å². The molecule has 1 heterocycles. The Labute approximate surface area is 111 Å². The summed E-state index contributed by atoms with van der Waals surface area (Å²) in [5.41, 5.74) is 9.84. The van der Waals surface area contributed by atoms with Crippen molar-refractivity contribution in [2.75, 3.05) is 32.1 Å². The first-order chi connectivity index (χ1) is 8.54. The third-order valence-electron chi connectivity index (χ3n) is 4.09. The zero-order chi connectivity index (χ0) is 13.3. The summed E-state index contributed by atoms with van der Waals surface area (Å²) in [7, 11) is 4.35. The van der Waals surface area contributed by atoms with E-state index in [1.54, 1.807) is 0 Å². The third-order valence-corrected chi connectivity index (χ3v) is 4.09. The van der Waals surface area contributed by atoms with Gasteiger partial charge in [0.05, 0.1) is 0 Å². The van der Waals surface area contributed by atoms with Crippen molar-refractivity contribution in [3.05, 3.63) is 29.3 Å². The average molecular weight is 247 g/mol. The zero-order valence-electron chi connectivity index (χ0n) is 12.0. The highest BCUT2D eigenvalue weighted by molar-refractivity contribution is 5.60. The predicted molar refractivity (Wildman–Crippen MR) is 77.9 cm³/mol. The second kappa shape index (κ2) is 5.29. The van der Waals surface area contributed by atoms with Gasteiger partial charge in [-0.25, -0.2) is 0 Å². The molecule has 2 rings (SSSR count). The molecule has 0 spiro atoms. The van der Waals surface area contributed by atoms with E-state index >= 15 is 0 Å². The minimum atomic E-state index is 0.620. The Bertz CT molecular complexity index is 414. The molecule has 3 heteroatoms. The van der Waals surface area contributed by atoms with Gasteiger partial charge in [0.15, 0.2) is 0 Å². The Balaban J connectivity index is 2.29. The Hall–Kier alpha value is -1.06. The van der Waals surface area contributed by atoms with E-state index in [4.69, 9.17) is 5.73 Å². The van der Waals surface area contributed by atoms with Crippen LogP contribution in [0.15, 0.2) is 18.2 Å². The second-order valence-electron chi connectivity index (χ2n) is 5.70. The lowest BCUT2D eigenvalue weighted by Crippen LogP contribution is -2.34. The van der Waals surface area contributed by atoms with Gasteiger partial charge in [-0.3, -0.25) is 0 Å². The Morgan fingerprint density at radius 3 is 2.61 bits per heavy atom. The van der Waals surface area contributed by atoms with Gasteiger partial charge in [-0.1, -0.05) is 25.1 Å². The normalized spacial score (nSPS) is 24.0. The van der Waals surface area contributed by atoms with Crippen molar-refractivity contribution in [1.82, 2.24) is 4.90 Å². The smallest absolute Gasteiger partial charge is 0.0442 e. The summed E-state index contributed by atoms with van der Waals surface area (Å²) in [6.45, 7) is 7.37. The molecule has 0 aliphatic carbocycles. The van der Waals surface area contributed by atoms with Crippen LogP contribution >= 0.6 is 0 Å². The molecule has 1 fully saturated rings. The Morgan fingerprint density at radius 1 is 1.33 bits per heavy atom. The van der Waals surface area contributed by atoms with Gasteiger partial charge in [0, 0.05) is 31.4 Å². The van der Waals surface area contributed by atoms with Crippen molar-refractivity contribution in [2.24, 2.45) is 11.7 Å². The fraction of sp³-hybridized carbons (Fsp3) is 0.600. The fourth-order valence-electron chi connectivity index (χ4n) is 3.14. The molecular formula is C15H25N3. The molecule has 0 saturated carbocycles. The summed E-state index contributed by atoms with van der Waals surface area (Å²) in [6.07, 6.45) is 0. The first-order valence-electron chi connectivity index (χ1n) is 6.74. The standard InChI is InChI=1S/C15H25N3/c1-11-6-5-7-13(8-16)15(11)18-9-12(2)14(10-18)17(3)4/h5-7,12,14H,8-10,16H2,1-4H3. The van der Waals surface area contributed by atoms with Gasteiger partial charge >= 0.3 is 0 Å². The van der Waals surface area contributed by atoms with Crippen LogP contribution < -0.4 is 10.6 Å². The van der Waals surface area contributed by atoms with Crippen molar-refractivity contribution in [1.29, 1.82) is 0 Å². The molecule has 2 N–H and O–H groups in total. The van der Waals surface area contributed by atoms with Gasteiger partial charge in [0.2, 0.25) is 0 Å². The lowest BCUT2D eigenvalue weighted by atomic mass is 10.1. The quantitative estimate of drug-likeness (QED) is 0.884. The van der Waals surface area contributed by atoms with E-state index in [0.717, 1.165) is 13.1 Å². The van der Waals surface area contributed by atoms with Gasteiger partial charge < -0.3 is 15.5 Å². The Morgan fingerprint density at radius 2 is 2.06 bits per heavy atom. The van der Waals surface area contributed by atoms with E-state index in [-0.39, 0.29) is 0 Å². The summed E-state index contributed by atoms with van der Waals surface area (Å²) in [5.74, 6) is 0.699. The molecule has 2 unspecified atom stereocenters. The number of nitrogens with two attached hydrogens (primary N) is 1. The van der Waals surface area contributed by atoms with Gasteiger partial charge in [0.25, 0.3) is 0 Å². The van der Waals surface area contributed by atoms with Crippen LogP contribution in [0.4, 0.5) is 5.69 Å². The number of hydrogen-bond acceptors (Lipinski definition) is 3. The summed E-state index contributed by atoms with van der Waals surface area (Å²) >= 11 is 0. The molecule has 0 amide bonds. The molecule has 1 aromatic carbocycles. The largest absolute Gasteiger partial charge is 0.369 e. The zero-order valence-corrected chi connectivity index (χ0v) is 12.0. The number of para-hydroxylation sites is 1. The molecule has 0 bridgehead atoms. The number of nitrogens with zero attached hydrogens (tertiary/aromatic N) is 2. The van der Waals surface area contributed by atoms with Crippen LogP contribution in [-0.2, 0) is 6.54 Å². The van der Waals surface area contributed by atoms with Gasteiger partial charge in [-0.15, -0.1) is 0 Å². The topological polar surface area (TPSA) is 32.5 Å². The van der Waals surface area contributed by atoms with Crippen LogP contribution in [0.5, 0.6) is 0 Å². The minimum Gasteiger partial charge on any atom is -0.369 e.